The molecule has 5 aromatic rings. The number of benzene rings is 1. The molecule has 0 bridgehead atoms. The quantitative estimate of drug-likeness (QED) is 0.231. The Morgan fingerprint density at radius 2 is 1.95 bits per heavy atom. The van der Waals surface area contributed by atoms with Crippen molar-refractivity contribution in [2.24, 2.45) is 12.8 Å². The number of hydrogen-bond acceptors (Lipinski definition) is 7. The molecule has 4 heterocycles. The van der Waals surface area contributed by atoms with Gasteiger partial charge in [0.2, 0.25) is 0 Å². The lowest BCUT2D eigenvalue weighted by atomic mass is 10.0. The van der Waals surface area contributed by atoms with Gasteiger partial charge in [0.25, 0.3) is 18.2 Å². The summed E-state index contributed by atoms with van der Waals surface area (Å²) in [4.78, 5) is 29.6. The van der Waals surface area contributed by atoms with Crippen molar-refractivity contribution in [3.8, 4) is 16.9 Å². The number of carbonyl (C=O) groups is 2. The molecule has 200 valence electrons. The molecule has 1 aromatic carbocycles. The van der Waals surface area contributed by atoms with Crippen LogP contribution < -0.4 is 15.8 Å². The molecule has 0 aliphatic rings. The number of nitrogens with zero attached hydrogens (tertiary/aromatic N) is 3. The van der Waals surface area contributed by atoms with E-state index in [1.54, 1.807) is 49.0 Å². The number of nitrogens with two attached hydrogens (primary N) is 1. The number of pyridine rings is 1. The SMILES string of the molecule is Cc1c(-c2cc(C(F)F)nc3sc(C(N)=O)c(NC(=O)c4ccc(COc5ccc(Cl)cc5)o4)c23)cnn1C. The lowest BCUT2D eigenvalue weighted by Crippen LogP contribution is -2.16. The Kier molecular flexibility index (Phi) is 7.06. The Morgan fingerprint density at radius 1 is 1.21 bits per heavy atom. The van der Waals surface area contributed by atoms with Gasteiger partial charge in [-0.15, -0.1) is 11.3 Å². The van der Waals surface area contributed by atoms with Gasteiger partial charge < -0.3 is 20.2 Å². The smallest absolute Gasteiger partial charge is 0.291 e. The molecule has 0 aliphatic carbocycles. The summed E-state index contributed by atoms with van der Waals surface area (Å²) in [6.07, 6.45) is -1.34. The number of carbonyl (C=O) groups excluding carboxylic acids is 2. The Hall–Kier alpha value is -4.29. The van der Waals surface area contributed by atoms with Crippen LogP contribution in [0, 0.1) is 6.92 Å². The van der Waals surface area contributed by atoms with Gasteiger partial charge in [0, 0.05) is 28.7 Å². The van der Waals surface area contributed by atoms with E-state index in [2.05, 4.69) is 15.4 Å². The maximum absolute atomic E-state index is 13.7. The van der Waals surface area contributed by atoms with Crippen LogP contribution in [-0.2, 0) is 13.7 Å². The van der Waals surface area contributed by atoms with Gasteiger partial charge in [-0.25, -0.2) is 13.8 Å². The van der Waals surface area contributed by atoms with Gasteiger partial charge in [-0.2, -0.15) is 5.10 Å². The molecule has 4 aromatic heterocycles. The minimum atomic E-state index is -2.86. The molecule has 39 heavy (non-hydrogen) atoms. The third-order valence-corrected chi connectivity index (χ3v) is 7.32. The van der Waals surface area contributed by atoms with Gasteiger partial charge in [-0.3, -0.25) is 14.3 Å². The van der Waals surface area contributed by atoms with Gasteiger partial charge >= 0.3 is 0 Å². The highest BCUT2D eigenvalue weighted by Crippen LogP contribution is 2.43. The first-order valence-electron chi connectivity index (χ1n) is 11.4. The van der Waals surface area contributed by atoms with E-state index in [9.17, 15) is 18.4 Å². The van der Waals surface area contributed by atoms with Gasteiger partial charge in [-0.05, 0) is 55.0 Å². The van der Waals surface area contributed by atoms with Crippen molar-refractivity contribution >= 4 is 50.7 Å². The highest BCUT2D eigenvalue weighted by Gasteiger charge is 2.27. The van der Waals surface area contributed by atoms with Crippen LogP contribution in [0.25, 0.3) is 21.3 Å². The maximum Gasteiger partial charge on any atom is 0.291 e. The monoisotopic (exact) mass is 571 g/mol. The summed E-state index contributed by atoms with van der Waals surface area (Å²) >= 11 is 6.69. The Bertz CT molecular complexity index is 1710. The highest BCUT2D eigenvalue weighted by molar-refractivity contribution is 7.21. The molecule has 5 rings (SSSR count). The highest BCUT2D eigenvalue weighted by atomic mass is 35.5. The van der Waals surface area contributed by atoms with E-state index in [1.165, 1.54) is 18.3 Å². The van der Waals surface area contributed by atoms with Crippen LogP contribution in [0.4, 0.5) is 14.5 Å². The molecule has 0 fully saturated rings. The third kappa shape index (κ3) is 5.20. The molecule has 9 nitrogen and oxygen atoms in total. The van der Waals surface area contributed by atoms with Crippen molar-refractivity contribution in [3.05, 3.63) is 81.5 Å². The topological polar surface area (TPSA) is 125 Å². The summed E-state index contributed by atoms with van der Waals surface area (Å²) < 4.78 is 40.3. The molecule has 0 unspecified atom stereocenters. The van der Waals surface area contributed by atoms with E-state index in [4.69, 9.17) is 26.5 Å². The molecular weight excluding hydrogens is 552 g/mol. The minimum Gasteiger partial charge on any atom is -0.486 e. The Morgan fingerprint density at radius 3 is 2.59 bits per heavy atom. The summed E-state index contributed by atoms with van der Waals surface area (Å²) in [6, 6.07) is 11.0. The lowest BCUT2D eigenvalue weighted by molar-refractivity contribution is 0.0992. The van der Waals surface area contributed by atoms with Crippen molar-refractivity contribution in [2.75, 3.05) is 5.32 Å². The Balaban J connectivity index is 1.51. The van der Waals surface area contributed by atoms with Crippen LogP contribution in [-0.4, -0.2) is 26.6 Å². The standard InChI is InChI=1S/C26H20ClF2N5O4S/c1-12-17(10-31-34(12)2)16-9-18(23(28)29)32-26-20(16)21(22(39-26)24(30)35)33-25(36)19-8-7-15(38-19)11-37-14-5-3-13(27)4-6-14/h3-10,23H,11H2,1-2H3,(H2,30,35)(H,33,36). The van der Waals surface area contributed by atoms with Crippen molar-refractivity contribution in [1.82, 2.24) is 14.8 Å². The van der Waals surface area contributed by atoms with E-state index in [0.29, 0.717) is 38.7 Å². The maximum atomic E-state index is 13.7. The average molecular weight is 572 g/mol. The zero-order valence-electron chi connectivity index (χ0n) is 20.5. The largest absolute Gasteiger partial charge is 0.486 e. The summed E-state index contributed by atoms with van der Waals surface area (Å²) in [7, 11) is 1.71. The second kappa shape index (κ2) is 10.5. The number of furan rings is 1. The zero-order valence-corrected chi connectivity index (χ0v) is 22.1. The van der Waals surface area contributed by atoms with Crippen LogP contribution in [0.1, 0.15) is 43.8 Å². The summed E-state index contributed by atoms with van der Waals surface area (Å²) in [5.41, 5.74) is 6.72. The van der Waals surface area contributed by atoms with Crippen molar-refractivity contribution in [2.45, 2.75) is 20.0 Å². The number of ether oxygens (including phenoxy) is 1. The summed E-state index contributed by atoms with van der Waals surface area (Å²) in [5.74, 6) is -0.656. The molecule has 3 N–H and O–H groups in total. The molecular formula is C26H20ClF2N5O4S. The first kappa shape index (κ1) is 26.3. The number of hydrogen-bond donors (Lipinski definition) is 2. The van der Waals surface area contributed by atoms with Crippen LogP contribution in [0.5, 0.6) is 5.75 Å². The number of anilines is 1. The van der Waals surface area contributed by atoms with Crippen molar-refractivity contribution in [1.29, 1.82) is 0 Å². The van der Waals surface area contributed by atoms with Gasteiger partial charge in [0.1, 0.15) is 33.5 Å². The van der Waals surface area contributed by atoms with Crippen LogP contribution in [0.3, 0.4) is 0 Å². The molecule has 0 saturated carbocycles. The van der Waals surface area contributed by atoms with E-state index in [1.807, 2.05) is 0 Å². The predicted octanol–water partition coefficient (Wildman–Crippen LogP) is 6.12. The van der Waals surface area contributed by atoms with Gasteiger partial charge in [0.15, 0.2) is 5.76 Å². The molecule has 0 spiro atoms. The second-order valence-electron chi connectivity index (χ2n) is 8.48. The number of rotatable bonds is 8. The molecule has 2 amide bonds. The van der Waals surface area contributed by atoms with Crippen LogP contribution >= 0.6 is 22.9 Å². The normalized spacial score (nSPS) is 11.3. The van der Waals surface area contributed by atoms with E-state index in [-0.39, 0.29) is 27.8 Å². The number of aryl methyl sites for hydroxylation is 1. The summed E-state index contributed by atoms with van der Waals surface area (Å²) in [6.45, 7) is 1.82. The number of halogens is 3. The van der Waals surface area contributed by atoms with Crippen LogP contribution in [0.2, 0.25) is 5.02 Å². The summed E-state index contributed by atoms with van der Waals surface area (Å²) in [5, 5.41) is 7.74. The minimum absolute atomic E-state index is 0.0436. The zero-order chi connectivity index (χ0) is 27.8. The fraction of sp³-hybridized carbons (Fsp3) is 0.154. The number of amides is 2. The third-order valence-electron chi connectivity index (χ3n) is 5.97. The molecule has 0 atom stereocenters. The number of thiophene rings is 1. The van der Waals surface area contributed by atoms with E-state index < -0.39 is 23.9 Å². The number of fused-ring (bicyclic) bond motifs is 1. The number of primary amides is 1. The van der Waals surface area contributed by atoms with Crippen LogP contribution in [0.15, 0.2) is 53.1 Å². The fourth-order valence-corrected chi connectivity index (χ4v) is 5.08. The van der Waals surface area contributed by atoms with E-state index in [0.717, 1.165) is 11.3 Å². The number of nitrogens with one attached hydrogen (secondary N) is 1. The molecule has 13 heteroatoms. The van der Waals surface area contributed by atoms with Gasteiger partial charge in [0.05, 0.1) is 11.9 Å². The first-order chi connectivity index (χ1) is 18.6. The predicted molar refractivity (Wildman–Crippen MR) is 142 cm³/mol. The van der Waals surface area contributed by atoms with E-state index >= 15 is 0 Å². The second-order valence-corrected chi connectivity index (χ2v) is 9.91. The van der Waals surface area contributed by atoms with Gasteiger partial charge in [-0.1, -0.05) is 11.6 Å². The molecule has 0 radical (unpaired) electrons. The first-order valence-corrected chi connectivity index (χ1v) is 12.6. The Labute approximate surface area is 229 Å². The number of alkyl halides is 2. The fourth-order valence-electron chi connectivity index (χ4n) is 3.94. The van der Waals surface area contributed by atoms with Crippen molar-refractivity contribution in [3.63, 3.8) is 0 Å². The van der Waals surface area contributed by atoms with Crippen molar-refractivity contribution < 1.29 is 27.5 Å². The molecule has 0 saturated heterocycles. The lowest BCUT2D eigenvalue weighted by Gasteiger charge is -2.10. The molecule has 0 aliphatic heterocycles. The number of aromatic nitrogens is 3. The average Bonchev–Trinajstić information content (AvgIpc) is 3.61.